The summed E-state index contributed by atoms with van der Waals surface area (Å²) in [5.41, 5.74) is 2.12. The third-order valence-corrected chi connectivity index (χ3v) is 6.32. The molecule has 1 unspecified atom stereocenters. The lowest BCUT2D eigenvalue weighted by atomic mass is 10.1. The van der Waals surface area contributed by atoms with Gasteiger partial charge in [0.1, 0.15) is 16.6 Å². The third-order valence-electron chi connectivity index (χ3n) is 4.90. The first-order chi connectivity index (χ1) is 15.0. The molecule has 0 spiro atoms. The van der Waals surface area contributed by atoms with Crippen molar-refractivity contribution >= 4 is 49.1 Å². The second-order valence-electron chi connectivity index (χ2n) is 6.92. The van der Waals surface area contributed by atoms with Crippen molar-refractivity contribution in [2.75, 3.05) is 11.9 Å². The monoisotopic (exact) mass is 497 g/mol. The van der Waals surface area contributed by atoms with Crippen molar-refractivity contribution in [2.24, 2.45) is 0 Å². The molecule has 6 nitrogen and oxygen atoms in total. The van der Waals surface area contributed by atoms with Gasteiger partial charge in [-0.15, -0.1) is 11.3 Å². The van der Waals surface area contributed by atoms with E-state index in [9.17, 15) is 9.59 Å². The second-order valence-corrected chi connectivity index (χ2v) is 8.69. The molecule has 4 aromatic rings. The largest absolute Gasteiger partial charge is 0.494 e. The fourth-order valence-corrected chi connectivity index (χ4v) is 4.41. The Morgan fingerprint density at radius 1 is 1.19 bits per heavy atom. The molecule has 0 aliphatic rings. The summed E-state index contributed by atoms with van der Waals surface area (Å²) in [6.07, 6.45) is 1.44. The molecule has 2 aromatic carbocycles. The first-order valence-corrected chi connectivity index (χ1v) is 11.4. The van der Waals surface area contributed by atoms with Gasteiger partial charge in [-0.1, -0.05) is 28.1 Å². The highest BCUT2D eigenvalue weighted by atomic mass is 79.9. The number of anilines is 1. The number of carbonyl (C=O) groups excluding carboxylic acids is 1. The fraction of sp³-hybridized carbons (Fsp3) is 0.174. The molecule has 4 rings (SSSR count). The van der Waals surface area contributed by atoms with Gasteiger partial charge in [0, 0.05) is 21.1 Å². The topological polar surface area (TPSA) is 73.2 Å². The van der Waals surface area contributed by atoms with Crippen molar-refractivity contribution < 1.29 is 9.53 Å². The summed E-state index contributed by atoms with van der Waals surface area (Å²) in [5, 5.41) is 5.28. The Bertz CT molecular complexity index is 1280. The minimum atomic E-state index is -0.721. The van der Waals surface area contributed by atoms with Gasteiger partial charge in [0.15, 0.2) is 0 Å². The Balaban J connectivity index is 1.67. The molecule has 0 aliphatic heterocycles. The van der Waals surface area contributed by atoms with Crippen molar-refractivity contribution in [3.05, 3.63) is 75.1 Å². The highest BCUT2D eigenvalue weighted by molar-refractivity contribution is 9.10. The Morgan fingerprint density at radius 2 is 1.90 bits per heavy atom. The van der Waals surface area contributed by atoms with Crippen molar-refractivity contribution in [2.45, 2.75) is 19.9 Å². The molecule has 0 radical (unpaired) electrons. The number of aromatic nitrogens is 2. The number of amides is 1. The highest BCUT2D eigenvalue weighted by Crippen LogP contribution is 2.32. The maximum absolute atomic E-state index is 13.3. The zero-order valence-electron chi connectivity index (χ0n) is 17.0. The molecule has 0 saturated carbocycles. The zero-order chi connectivity index (χ0) is 22.0. The number of hydrogen-bond donors (Lipinski definition) is 1. The molecule has 8 heteroatoms. The van der Waals surface area contributed by atoms with Gasteiger partial charge in [-0.05, 0) is 55.8 Å². The van der Waals surface area contributed by atoms with E-state index in [1.807, 2.05) is 48.7 Å². The van der Waals surface area contributed by atoms with Gasteiger partial charge in [0.25, 0.3) is 5.56 Å². The molecule has 2 aromatic heterocycles. The van der Waals surface area contributed by atoms with Crippen LogP contribution in [0.15, 0.2) is 69.5 Å². The van der Waals surface area contributed by atoms with E-state index in [2.05, 4.69) is 26.2 Å². The first kappa shape index (κ1) is 21.3. The Kier molecular flexibility index (Phi) is 6.20. The summed E-state index contributed by atoms with van der Waals surface area (Å²) in [4.78, 5) is 31.1. The van der Waals surface area contributed by atoms with Crippen LogP contribution in [0.1, 0.15) is 19.9 Å². The summed E-state index contributed by atoms with van der Waals surface area (Å²) in [6, 6.07) is 14.2. The van der Waals surface area contributed by atoms with Gasteiger partial charge in [-0.25, -0.2) is 4.98 Å². The summed E-state index contributed by atoms with van der Waals surface area (Å²) in [6.45, 7) is 4.21. The summed E-state index contributed by atoms with van der Waals surface area (Å²) in [5.74, 6) is 0.489. The minimum Gasteiger partial charge on any atom is -0.494 e. The predicted octanol–water partition coefficient (Wildman–Crippen LogP) is 5.49. The minimum absolute atomic E-state index is 0.242. The lowest BCUT2D eigenvalue weighted by Gasteiger charge is -2.15. The van der Waals surface area contributed by atoms with Crippen molar-refractivity contribution in [3.8, 4) is 16.9 Å². The summed E-state index contributed by atoms with van der Waals surface area (Å²) >= 11 is 4.78. The molecule has 1 N–H and O–H groups in total. The van der Waals surface area contributed by atoms with E-state index in [0.717, 1.165) is 21.3 Å². The predicted molar refractivity (Wildman–Crippen MR) is 128 cm³/mol. The molecule has 0 fully saturated rings. The Hall–Kier alpha value is -2.97. The number of hydrogen-bond acceptors (Lipinski definition) is 5. The number of benzene rings is 2. The van der Waals surface area contributed by atoms with E-state index < -0.39 is 6.04 Å². The number of rotatable bonds is 6. The standard InChI is InChI=1S/C23H20BrN3O3S/c1-3-30-18-10-4-15(5-11-18)19-12-31-22-20(19)23(29)27(13-25-22)14(2)21(28)26-17-8-6-16(24)7-9-17/h4-14H,3H2,1-2H3,(H,26,28). The molecule has 0 aliphatic carbocycles. The van der Waals surface area contributed by atoms with E-state index in [0.29, 0.717) is 22.5 Å². The maximum atomic E-state index is 13.3. The van der Waals surface area contributed by atoms with E-state index in [-0.39, 0.29) is 11.5 Å². The Morgan fingerprint density at radius 3 is 2.58 bits per heavy atom. The number of halogens is 1. The van der Waals surface area contributed by atoms with Gasteiger partial charge >= 0.3 is 0 Å². The van der Waals surface area contributed by atoms with Crippen LogP contribution in [0.3, 0.4) is 0 Å². The summed E-state index contributed by atoms with van der Waals surface area (Å²) < 4.78 is 7.80. The lowest BCUT2D eigenvalue weighted by Crippen LogP contribution is -2.31. The van der Waals surface area contributed by atoms with Gasteiger partial charge in [-0.2, -0.15) is 0 Å². The molecule has 31 heavy (non-hydrogen) atoms. The molecular weight excluding hydrogens is 478 g/mol. The van der Waals surface area contributed by atoms with Crippen LogP contribution in [0.4, 0.5) is 5.69 Å². The van der Waals surface area contributed by atoms with Crippen LogP contribution in [0.5, 0.6) is 5.75 Å². The second kappa shape index (κ2) is 9.03. The van der Waals surface area contributed by atoms with Crippen LogP contribution >= 0.6 is 27.3 Å². The SMILES string of the molecule is CCOc1ccc(-c2csc3ncn(C(C)C(=O)Nc4ccc(Br)cc4)c(=O)c23)cc1. The van der Waals surface area contributed by atoms with Gasteiger partial charge < -0.3 is 10.1 Å². The van der Waals surface area contributed by atoms with E-state index >= 15 is 0 Å². The van der Waals surface area contributed by atoms with E-state index in [1.165, 1.54) is 22.2 Å². The number of nitrogens with zero attached hydrogens (tertiary/aromatic N) is 2. The normalized spacial score (nSPS) is 12.0. The lowest BCUT2D eigenvalue weighted by molar-refractivity contribution is -0.118. The van der Waals surface area contributed by atoms with Gasteiger partial charge in [0.2, 0.25) is 5.91 Å². The maximum Gasteiger partial charge on any atom is 0.263 e. The van der Waals surface area contributed by atoms with Crippen LogP contribution in [0.2, 0.25) is 0 Å². The molecule has 1 atom stereocenters. The first-order valence-electron chi connectivity index (χ1n) is 9.76. The number of fused-ring (bicyclic) bond motifs is 1. The zero-order valence-corrected chi connectivity index (χ0v) is 19.4. The average Bonchev–Trinajstić information content (AvgIpc) is 3.21. The molecule has 2 heterocycles. The van der Waals surface area contributed by atoms with Crippen molar-refractivity contribution in [1.29, 1.82) is 0 Å². The van der Waals surface area contributed by atoms with Crippen LogP contribution in [-0.2, 0) is 4.79 Å². The van der Waals surface area contributed by atoms with Crippen LogP contribution in [0, 0.1) is 0 Å². The number of ether oxygens (including phenoxy) is 1. The number of carbonyl (C=O) groups is 1. The van der Waals surface area contributed by atoms with Crippen molar-refractivity contribution in [1.82, 2.24) is 9.55 Å². The van der Waals surface area contributed by atoms with Crippen molar-refractivity contribution in [3.63, 3.8) is 0 Å². The molecule has 158 valence electrons. The quantitative estimate of drug-likeness (QED) is 0.382. The number of thiophene rings is 1. The number of nitrogens with one attached hydrogen (secondary N) is 1. The Labute approximate surface area is 191 Å². The summed E-state index contributed by atoms with van der Waals surface area (Å²) in [7, 11) is 0. The third kappa shape index (κ3) is 4.40. The highest BCUT2D eigenvalue weighted by Gasteiger charge is 2.20. The van der Waals surface area contributed by atoms with E-state index in [1.54, 1.807) is 19.1 Å². The average molecular weight is 498 g/mol. The molecule has 1 amide bonds. The fourth-order valence-electron chi connectivity index (χ4n) is 3.24. The van der Waals surface area contributed by atoms with Crippen LogP contribution in [0.25, 0.3) is 21.3 Å². The van der Waals surface area contributed by atoms with Gasteiger partial charge in [-0.3, -0.25) is 14.2 Å². The molecule has 0 saturated heterocycles. The van der Waals surface area contributed by atoms with Gasteiger partial charge in [0.05, 0.1) is 18.3 Å². The van der Waals surface area contributed by atoms with Crippen LogP contribution < -0.4 is 15.6 Å². The molecular formula is C23H20BrN3O3S. The smallest absolute Gasteiger partial charge is 0.263 e. The van der Waals surface area contributed by atoms with Crippen LogP contribution in [-0.4, -0.2) is 22.1 Å². The van der Waals surface area contributed by atoms with E-state index in [4.69, 9.17) is 4.74 Å². The molecule has 0 bridgehead atoms.